The number of imidazole rings is 1. The second-order valence-electron chi connectivity index (χ2n) is 8.53. The molecule has 0 atom stereocenters. The van der Waals surface area contributed by atoms with Crippen molar-refractivity contribution in [1.29, 1.82) is 0 Å². The lowest BCUT2D eigenvalue weighted by Crippen LogP contribution is -2.38. The molecule has 32 heavy (non-hydrogen) atoms. The number of hydrogen-bond acceptors (Lipinski definition) is 5. The fourth-order valence-electron chi connectivity index (χ4n) is 4.40. The van der Waals surface area contributed by atoms with Gasteiger partial charge in [-0.3, -0.25) is 19.7 Å². The number of hydrogen-bond donors (Lipinski definition) is 0. The number of aromatic nitrogens is 5. The van der Waals surface area contributed by atoms with Crippen LogP contribution in [0.1, 0.15) is 54.8 Å². The van der Waals surface area contributed by atoms with Crippen molar-refractivity contribution < 1.29 is 4.79 Å². The van der Waals surface area contributed by atoms with Crippen LogP contribution in [0.25, 0.3) is 22.3 Å². The number of likely N-dealkylation sites (tertiary alicyclic amines) is 1. The maximum absolute atomic E-state index is 12.8. The Morgan fingerprint density at radius 3 is 2.59 bits per heavy atom. The summed E-state index contributed by atoms with van der Waals surface area (Å²) in [6.07, 6.45) is 8.92. The summed E-state index contributed by atoms with van der Waals surface area (Å²) in [5.74, 6) is 0.291. The molecule has 1 aliphatic rings. The first-order chi connectivity index (χ1) is 15.6. The normalized spacial score (nSPS) is 14.9. The summed E-state index contributed by atoms with van der Waals surface area (Å²) in [4.78, 5) is 32.9. The quantitative estimate of drug-likeness (QED) is 0.481. The van der Waals surface area contributed by atoms with Crippen LogP contribution in [0.4, 0.5) is 0 Å². The molecule has 5 rings (SSSR count). The van der Waals surface area contributed by atoms with Gasteiger partial charge in [0.25, 0.3) is 5.91 Å². The Bertz CT molecular complexity index is 1230. The molecule has 162 valence electrons. The zero-order valence-electron chi connectivity index (χ0n) is 18.3. The monoisotopic (exact) mass is 426 g/mol. The smallest absolute Gasteiger partial charge is 0.272 e. The third kappa shape index (κ3) is 3.75. The zero-order chi connectivity index (χ0) is 22.1. The molecule has 0 bridgehead atoms. The third-order valence-electron chi connectivity index (χ3n) is 6.16. The molecule has 1 amide bonds. The number of fused-ring (bicyclic) bond motifs is 1. The Labute approximate surface area is 187 Å². The van der Waals surface area contributed by atoms with Crippen LogP contribution in [-0.2, 0) is 0 Å². The molecular weight excluding hydrogens is 400 g/mol. The average molecular weight is 427 g/mol. The molecule has 0 unspecified atom stereocenters. The van der Waals surface area contributed by atoms with E-state index >= 15 is 0 Å². The highest BCUT2D eigenvalue weighted by atomic mass is 16.2. The number of rotatable bonds is 4. The molecule has 0 N–H and O–H groups in total. The van der Waals surface area contributed by atoms with Crippen LogP contribution in [0.15, 0.2) is 61.3 Å². The lowest BCUT2D eigenvalue weighted by Gasteiger charge is -2.31. The van der Waals surface area contributed by atoms with E-state index in [1.165, 1.54) is 0 Å². The van der Waals surface area contributed by atoms with Gasteiger partial charge in [0.1, 0.15) is 11.2 Å². The summed E-state index contributed by atoms with van der Waals surface area (Å²) in [7, 11) is 0. The van der Waals surface area contributed by atoms with Crippen LogP contribution in [0.5, 0.6) is 0 Å². The van der Waals surface area contributed by atoms with E-state index in [1.54, 1.807) is 18.5 Å². The molecule has 0 spiro atoms. The number of nitrogens with zero attached hydrogens (tertiary/aromatic N) is 6. The molecule has 0 radical (unpaired) electrons. The van der Waals surface area contributed by atoms with Crippen molar-refractivity contribution in [2.24, 2.45) is 0 Å². The van der Waals surface area contributed by atoms with E-state index in [0.29, 0.717) is 24.8 Å². The lowest BCUT2D eigenvalue weighted by atomic mass is 9.92. The molecule has 1 saturated heterocycles. The first-order valence-electron chi connectivity index (χ1n) is 11.1. The summed E-state index contributed by atoms with van der Waals surface area (Å²) in [6.45, 7) is 5.72. The van der Waals surface area contributed by atoms with Crippen molar-refractivity contribution in [3.63, 3.8) is 0 Å². The Hall–Kier alpha value is -3.61. The largest absolute Gasteiger partial charge is 0.337 e. The van der Waals surface area contributed by atoms with E-state index in [-0.39, 0.29) is 11.8 Å². The molecule has 7 heteroatoms. The van der Waals surface area contributed by atoms with E-state index < -0.39 is 0 Å². The lowest BCUT2D eigenvalue weighted by molar-refractivity contribution is 0.0706. The number of pyridine rings is 3. The topological polar surface area (TPSA) is 76.8 Å². The molecule has 1 fully saturated rings. The Kier molecular flexibility index (Phi) is 5.39. The molecule has 7 nitrogen and oxygen atoms in total. The van der Waals surface area contributed by atoms with Crippen LogP contribution < -0.4 is 0 Å². The van der Waals surface area contributed by atoms with Crippen LogP contribution in [0.3, 0.4) is 0 Å². The van der Waals surface area contributed by atoms with Gasteiger partial charge in [0, 0.05) is 54.9 Å². The first-order valence-corrected chi connectivity index (χ1v) is 11.1. The van der Waals surface area contributed by atoms with E-state index in [4.69, 9.17) is 4.98 Å². The Morgan fingerprint density at radius 2 is 1.91 bits per heavy atom. The zero-order valence-corrected chi connectivity index (χ0v) is 18.3. The molecule has 0 aliphatic carbocycles. The summed E-state index contributed by atoms with van der Waals surface area (Å²) in [5, 5.41) is 0. The Balaban J connectivity index is 1.46. The van der Waals surface area contributed by atoms with Crippen LogP contribution >= 0.6 is 0 Å². The molecule has 4 aromatic heterocycles. The van der Waals surface area contributed by atoms with Crippen molar-refractivity contribution in [2.45, 2.75) is 38.6 Å². The highest BCUT2D eigenvalue weighted by Gasteiger charge is 2.27. The SMILES string of the molecule is CC(C)n1cnc2c(-c3cccnc3)nc(C3CCN(C(=O)c4ccccn4)CC3)cc21. The van der Waals surface area contributed by atoms with Gasteiger partial charge in [-0.05, 0) is 57.0 Å². The number of piperidine rings is 1. The maximum Gasteiger partial charge on any atom is 0.272 e. The average Bonchev–Trinajstić information content (AvgIpc) is 3.29. The third-order valence-corrected chi connectivity index (χ3v) is 6.16. The molecular formula is C25H26N6O. The van der Waals surface area contributed by atoms with Crippen molar-refractivity contribution in [1.82, 2.24) is 29.4 Å². The van der Waals surface area contributed by atoms with Gasteiger partial charge in [-0.15, -0.1) is 0 Å². The minimum atomic E-state index is 0.00129. The maximum atomic E-state index is 12.8. The van der Waals surface area contributed by atoms with Crippen molar-refractivity contribution >= 4 is 16.9 Å². The summed E-state index contributed by atoms with van der Waals surface area (Å²) < 4.78 is 2.19. The van der Waals surface area contributed by atoms with E-state index in [1.807, 2.05) is 41.7 Å². The fraction of sp³-hybridized carbons (Fsp3) is 0.320. The van der Waals surface area contributed by atoms with Gasteiger partial charge < -0.3 is 9.47 Å². The molecule has 1 aliphatic heterocycles. The predicted molar refractivity (Wildman–Crippen MR) is 123 cm³/mol. The van der Waals surface area contributed by atoms with Gasteiger partial charge in [-0.2, -0.15) is 0 Å². The second kappa shape index (κ2) is 8.49. The Morgan fingerprint density at radius 1 is 1.06 bits per heavy atom. The van der Waals surface area contributed by atoms with E-state index in [9.17, 15) is 4.79 Å². The van der Waals surface area contributed by atoms with Crippen molar-refractivity contribution in [2.75, 3.05) is 13.1 Å². The summed E-state index contributed by atoms with van der Waals surface area (Å²) in [6, 6.07) is 11.9. The molecule has 4 aromatic rings. The van der Waals surface area contributed by atoms with Crippen molar-refractivity contribution in [3.8, 4) is 11.3 Å². The summed E-state index contributed by atoms with van der Waals surface area (Å²) in [5.41, 5.74) is 5.40. The molecule has 5 heterocycles. The predicted octanol–water partition coefficient (Wildman–Crippen LogP) is 4.49. The van der Waals surface area contributed by atoms with Gasteiger partial charge in [0.15, 0.2) is 0 Å². The van der Waals surface area contributed by atoms with Crippen LogP contribution in [0.2, 0.25) is 0 Å². The van der Waals surface area contributed by atoms with E-state index in [0.717, 1.165) is 40.8 Å². The molecule has 0 saturated carbocycles. The van der Waals surface area contributed by atoms with Gasteiger partial charge in [0.2, 0.25) is 0 Å². The van der Waals surface area contributed by atoms with E-state index in [2.05, 4.69) is 39.4 Å². The van der Waals surface area contributed by atoms with Gasteiger partial charge >= 0.3 is 0 Å². The van der Waals surface area contributed by atoms with Crippen LogP contribution in [-0.4, -0.2) is 48.4 Å². The number of carbonyl (C=O) groups excluding carboxylic acids is 1. The van der Waals surface area contributed by atoms with Crippen LogP contribution in [0, 0.1) is 0 Å². The summed E-state index contributed by atoms with van der Waals surface area (Å²) >= 11 is 0. The second-order valence-corrected chi connectivity index (χ2v) is 8.53. The highest BCUT2D eigenvalue weighted by molar-refractivity contribution is 5.92. The van der Waals surface area contributed by atoms with Gasteiger partial charge in [-0.25, -0.2) is 4.98 Å². The standard InChI is InChI=1S/C25H26N6O/c1-17(2)31-16-28-24-22(31)14-21(29-23(24)19-6-5-10-26-15-19)18-8-12-30(13-9-18)25(32)20-7-3-4-11-27-20/h3-7,10-11,14-18H,8-9,12-13H2,1-2H3. The van der Waals surface area contributed by atoms with Gasteiger partial charge in [0.05, 0.1) is 17.5 Å². The first kappa shape index (κ1) is 20.3. The fourth-order valence-corrected chi connectivity index (χ4v) is 4.40. The molecule has 0 aromatic carbocycles. The number of amides is 1. The number of carbonyl (C=O) groups is 1. The van der Waals surface area contributed by atoms with Gasteiger partial charge in [-0.1, -0.05) is 6.07 Å². The highest BCUT2D eigenvalue weighted by Crippen LogP contribution is 2.34. The minimum Gasteiger partial charge on any atom is -0.337 e. The van der Waals surface area contributed by atoms with Crippen molar-refractivity contribution in [3.05, 3.63) is 72.7 Å². The minimum absolute atomic E-state index is 0.00129.